The van der Waals surface area contributed by atoms with Gasteiger partial charge in [0.25, 0.3) is 0 Å². The fourth-order valence-corrected chi connectivity index (χ4v) is 2.26. The van der Waals surface area contributed by atoms with E-state index in [9.17, 15) is 0 Å². The lowest BCUT2D eigenvalue weighted by atomic mass is 10.1. The highest BCUT2D eigenvalue weighted by atomic mass is 16.5. The summed E-state index contributed by atoms with van der Waals surface area (Å²) >= 11 is 0. The van der Waals surface area contributed by atoms with E-state index in [0.717, 1.165) is 51.4 Å². The fraction of sp³-hybridized carbons (Fsp3) is 0.800. The van der Waals surface area contributed by atoms with Crippen LogP contribution in [0.1, 0.15) is 30.3 Å². The van der Waals surface area contributed by atoms with Crippen LogP contribution in [0.4, 0.5) is 0 Å². The minimum atomic E-state index is 0.707. The number of methoxy groups -OCH3 is 1. The van der Waals surface area contributed by atoms with E-state index in [1.54, 1.807) is 7.11 Å². The first-order chi connectivity index (χ1) is 9.70. The highest BCUT2D eigenvalue weighted by molar-refractivity contribution is 5.24. The SMILES string of the molecule is CCNCCc1c(C)nn(CCOCCCOC)c1C. The lowest BCUT2D eigenvalue weighted by Gasteiger charge is -2.07. The van der Waals surface area contributed by atoms with Crippen LogP contribution in [0.2, 0.25) is 0 Å². The van der Waals surface area contributed by atoms with Gasteiger partial charge >= 0.3 is 0 Å². The van der Waals surface area contributed by atoms with Crippen LogP contribution in [0.5, 0.6) is 0 Å². The number of rotatable bonds is 11. The van der Waals surface area contributed by atoms with Crippen molar-refractivity contribution in [1.29, 1.82) is 0 Å². The number of hydrogen-bond acceptors (Lipinski definition) is 4. The van der Waals surface area contributed by atoms with Crippen molar-refractivity contribution in [2.24, 2.45) is 0 Å². The molecule has 0 spiro atoms. The van der Waals surface area contributed by atoms with Crippen LogP contribution in [-0.2, 0) is 22.4 Å². The summed E-state index contributed by atoms with van der Waals surface area (Å²) in [6, 6.07) is 0. The molecule has 0 unspecified atom stereocenters. The van der Waals surface area contributed by atoms with E-state index in [0.29, 0.717) is 6.61 Å². The molecule has 0 fully saturated rings. The van der Waals surface area contributed by atoms with Gasteiger partial charge in [-0.2, -0.15) is 5.10 Å². The number of nitrogens with zero attached hydrogens (tertiary/aromatic N) is 2. The molecule has 1 aromatic heterocycles. The van der Waals surface area contributed by atoms with Crippen LogP contribution < -0.4 is 5.32 Å². The molecule has 0 bridgehead atoms. The molecule has 116 valence electrons. The molecule has 1 heterocycles. The minimum Gasteiger partial charge on any atom is -0.385 e. The lowest BCUT2D eigenvalue weighted by molar-refractivity contribution is 0.0958. The van der Waals surface area contributed by atoms with Crippen molar-refractivity contribution in [3.63, 3.8) is 0 Å². The predicted octanol–water partition coefficient (Wildman–Crippen LogP) is 1.71. The van der Waals surface area contributed by atoms with Crippen molar-refractivity contribution in [2.45, 2.75) is 40.2 Å². The molecule has 0 amide bonds. The second-order valence-corrected chi connectivity index (χ2v) is 4.93. The molecule has 1 rings (SSSR count). The van der Waals surface area contributed by atoms with Gasteiger partial charge in [0.1, 0.15) is 0 Å². The average molecular weight is 283 g/mol. The first-order valence-corrected chi connectivity index (χ1v) is 7.51. The summed E-state index contributed by atoms with van der Waals surface area (Å²) in [6.07, 6.45) is 1.99. The van der Waals surface area contributed by atoms with Crippen LogP contribution in [0, 0.1) is 13.8 Å². The second-order valence-electron chi connectivity index (χ2n) is 4.93. The largest absolute Gasteiger partial charge is 0.385 e. The Kier molecular flexibility index (Phi) is 8.49. The molecule has 1 aromatic rings. The van der Waals surface area contributed by atoms with Crippen molar-refractivity contribution in [3.8, 4) is 0 Å². The van der Waals surface area contributed by atoms with Gasteiger partial charge in [-0.3, -0.25) is 4.68 Å². The Hall–Kier alpha value is -0.910. The molecule has 5 nitrogen and oxygen atoms in total. The number of ether oxygens (including phenoxy) is 2. The molecule has 0 saturated carbocycles. The topological polar surface area (TPSA) is 48.3 Å². The van der Waals surface area contributed by atoms with E-state index in [4.69, 9.17) is 9.47 Å². The third-order valence-corrected chi connectivity index (χ3v) is 3.42. The van der Waals surface area contributed by atoms with E-state index in [1.807, 2.05) is 0 Å². The number of likely N-dealkylation sites (N-methyl/N-ethyl adjacent to an activating group) is 1. The zero-order chi connectivity index (χ0) is 14.8. The summed E-state index contributed by atoms with van der Waals surface area (Å²) in [6.45, 7) is 11.4. The smallest absolute Gasteiger partial charge is 0.0662 e. The van der Waals surface area contributed by atoms with Gasteiger partial charge < -0.3 is 14.8 Å². The van der Waals surface area contributed by atoms with Gasteiger partial charge in [0, 0.05) is 26.0 Å². The van der Waals surface area contributed by atoms with Gasteiger partial charge in [0.05, 0.1) is 18.8 Å². The van der Waals surface area contributed by atoms with Gasteiger partial charge in [-0.15, -0.1) is 0 Å². The van der Waals surface area contributed by atoms with Crippen molar-refractivity contribution in [1.82, 2.24) is 15.1 Å². The zero-order valence-electron chi connectivity index (χ0n) is 13.4. The van der Waals surface area contributed by atoms with Crippen molar-refractivity contribution < 1.29 is 9.47 Å². The van der Waals surface area contributed by atoms with Gasteiger partial charge in [-0.25, -0.2) is 0 Å². The van der Waals surface area contributed by atoms with Crippen LogP contribution in [0.25, 0.3) is 0 Å². The Labute approximate surface area is 122 Å². The molecule has 0 aliphatic heterocycles. The van der Waals surface area contributed by atoms with Gasteiger partial charge in [-0.1, -0.05) is 6.92 Å². The van der Waals surface area contributed by atoms with E-state index in [-0.39, 0.29) is 0 Å². The number of aryl methyl sites for hydroxylation is 1. The minimum absolute atomic E-state index is 0.707. The molecular formula is C15H29N3O2. The predicted molar refractivity (Wildman–Crippen MR) is 81.3 cm³/mol. The van der Waals surface area contributed by atoms with Crippen molar-refractivity contribution in [3.05, 3.63) is 17.0 Å². The second kappa shape index (κ2) is 9.91. The van der Waals surface area contributed by atoms with Crippen molar-refractivity contribution >= 4 is 0 Å². The Bertz CT molecular complexity index is 377. The Balaban J connectivity index is 2.36. The van der Waals surface area contributed by atoms with Gasteiger partial charge in [-0.05, 0) is 45.3 Å². The Morgan fingerprint density at radius 2 is 2.00 bits per heavy atom. The van der Waals surface area contributed by atoms with Crippen LogP contribution >= 0.6 is 0 Å². The lowest BCUT2D eigenvalue weighted by Crippen LogP contribution is -2.16. The fourth-order valence-electron chi connectivity index (χ4n) is 2.26. The van der Waals surface area contributed by atoms with Crippen molar-refractivity contribution in [2.75, 3.05) is 40.0 Å². The van der Waals surface area contributed by atoms with Crippen LogP contribution in [0.15, 0.2) is 0 Å². The maximum atomic E-state index is 5.59. The molecule has 5 heteroatoms. The molecule has 1 N–H and O–H groups in total. The Morgan fingerprint density at radius 1 is 1.20 bits per heavy atom. The normalized spacial score (nSPS) is 11.2. The van der Waals surface area contributed by atoms with Gasteiger partial charge in [0.2, 0.25) is 0 Å². The molecule has 0 aromatic carbocycles. The summed E-state index contributed by atoms with van der Waals surface area (Å²) in [5, 5.41) is 7.97. The highest BCUT2D eigenvalue weighted by Gasteiger charge is 2.10. The molecule has 0 saturated heterocycles. The average Bonchev–Trinajstić information content (AvgIpc) is 2.70. The zero-order valence-corrected chi connectivity index (χ0v) is 13.4. The number of hydrogen-bond donors (Lipinski definition) is 1. The molecular weight excluding hydrogens is 254 g/mol. The monoisotopic (exact) mass is 283 g/mol. The molecule has 20 heavy (non-hydrogen) atoms. The number of nitrogens with one attached hydrogen (secondary N) is 1. The van der Waals surface area contributed by atoms with E-state index in [1.165, 1.54) is 11.3 Å². The summed E-state index contributed by atoms with van der Waals surface area (Å²) in [4.78, 5) is 0. The van der Waals surface area contributed by atoms with Crippen LogP contribution in [-0.4, -0.2) is 49.8 Å². The third-order valence-electron chi connectivity index (χ3n) is 3.42. The maximum Gasteiger partial charge on any atom is 0.0662 e. The van der Waals surface area contributed by atoms with Crippen LogP contribution in [0.3, 0.4) is 0 Å². The highest BCUT2D eigenvalue weighted by Crippen LogP contribution is 2.13. The molecule has 0 aliphatic carbocycles. The summed E-state index contributed by atoms with van der Waals surface area (Å²) < 4.78 is 12.6. The maximum absolute atomic E-state index is 5.59. The van der Waals surface area contributed by atoms with E-state index >= 15 is 0 Å². The first-order valence-electron chi connectivity index (χ1n) is 7.51. The Morgan fingerprint density at radius 3 is 2.70 bits per heavy atom. The summed E-state index contributed by atoms with van der Waals surface area (Å²) in [5.74, 6) is 0. The third kappa shape index (κ3) is 5.61. The molecule has 0 aliphatic rings. The summed E-state index contributed by atoms with van der Waals surface area (Å²) in [5.41, 5.74) is 3.77. The standard InChI is InChI=1S/C15H29N3O2/c1-5-16-8-7-15-13(2)17-18(14(15)3)9-12-20-11-6-10-19-4/h16H,5-12H2,1-4H3. The molecule has 0 atom stereocenters. The van der Waals surface area contributed by atoms with E-state index in [2.05, 4.69) is 35.9 Å². The summed E-state index contributed by atoms with van der Waals surface area (Å²) in [7, 11) is 1.71. The quantitative estimate of drug-likeness (QED) is 0.628. The van der Waals surface area contributed by atoms with E-state index < -0.39 is 0 Å². The molecule has 0 radical (unpaired) electrons. The van der Waals surface area contributed by atoms with Gasteiger partial charge in [0.15, 0.2) is 0 Å². The first kappa shape index (κ1) is 17.1. The number of aromatic nitrogens is 2.